The second-order valence-electron chi connectivity index (χ2n) is 5.06. The van der Waals surface area contributed by atoms with Gasteiger partial charge in [0.1, 0.15) is 0 Å². The number of hydrogen-bond donors (Lipinski definition) is 1. The van der Waals surface area contributed by atoms with Crippen LogP contribution in [0.2, 0.25) is 0 Å². The van der Waals surface area contributed by atoms with Gasteiger partial charge in [-0.05, 0) is 42.7 Å². The molecule has 22 heavy (non-hydrogen) atoms. The van der Waals surface area contributed by atoms with E-state index < -0.39 is 0 Å². The third-order valence-corrected chi connectivity index (χ3v) is 4.49. The molecule has 0 bridgehead atoms. The number of benzene rings is 2. The molecule has 0 saturated carbocycles. The Balaban J connectivity index is 1.88. The van der Waals surface area contributed by atoms with E-state index in [0.717, 1.165) is 22.4 Å². The van der Waals surface area contributed by atoms with Crippen LogP contribution in [0.4, 0.5) is 5.69 Å². The van der Waals surface area contributed by atoms with E-state index in [2.05, 4.69) is 11.4 Å². The van der Waals surface area contributed by atoms with Crippen molar-refractivity contribution >= 4 is 23.4 Å². The minimum absolute atomic E-state index is 0.0202. The van der Waals surface area contributed by atoms with Crippen LogP contribution < -0.4 is 5.32 Å². The molecule has 2 aromatic rings. The predicted octanol–water partition coefficient (Wildman–Crippen LogP) is 4.05. The van der Waals surface area contributed by atoms with Gasteiger partial charge in [-0.1, -0.05) is 30.3 Å². The van der Waals surface area contributed by atoms with E-state index in [1.807, 2.05) is 50.2 Å². The quantitative estimate of drug-likeness (QED) is 0.906. The summed E-state index contributed by atoms with van der Waals surface area (Å²) >= 11 is 1.51. The number of amides is 1. The van der Waals surface area contributed by atoms with Crippen molar-refractivity contribution < 1.29 is 4.79 Å². The van der Waals surface area contributed by atoms with Crippen molar-refractivity contribution in [3.05, 3.63) is 64.7 Å². The second-order valence-corrected chi connectivity index (χ2v) is 6.04. The molecule has 0 atom stereocenters. The first-order chi connectivity index (χ1) is 10.6. The summed E-state index contributed by atoms with van der Waals surface area (Å²) in [5.74, 6) is 1.00. The van der Waals surface area contributed by atoms with Crippen molar-refractivity contribution in [2.24, 2.45) is 0 Å². The normalized spacial score (nSPS) is 10.0. The van der Waals surface area contributed by atoms with Gasteiger partial charge in [0.25, 0.3) is 0 Å². The van der Waals surface area contributed by atoms with E-state index in [-0.39, 0.29) is 5.91 Å². The van der Waals surface area contributed by atoms with Gasteiger partial charge < -0.3 is 5.32 Å². The Kier molecular flexibility index (Phi) is 5.62. The molecule has 2 rings (SSSR count). The summed E-state index contributed by atoms with van der Waals surface area (Å²) in [5, 5.41) is 12.0. The van der Waals surface area contributed by atoms with E-state index in [0.29, 0.717) is 17.1 Å². The number of rotatable bonds is 5. The van der Waals surface area contributed by atoms with Crippen LogP contribution >= 0.6 is 11.8 Å². The first-order valence-corrected chi connectivity index (χ1v) is 8.19. The van der Waals surface area contributed by atoms with Crippen molar-refractivity contribution in [2.45, 2.75) is 19.6 Å². The molecule has 0 aliphatic carbocycles. The summed E-state index contributed by atoms with van der Waals surface area (Å²) in [7, 11) is 0. The average molecular weight is 310 g/mol. The van der Waals surface area contributed by atoms with Crippen molar-refractivity contribution in [1.82, 2.24) is 0 Å². The first-order valence-electron chi connectivity index (χ1n) is 7.03. The number of carbonyl (C=O) groups excluding carboxylic acids is 1. The number of nitrogens with zero attached hydrogens (tertiary/aromatic N) is 1. The maximum absolute atomic E-state index is 12.0. The van der Waals surface area contributed by atoms with Crippen LogP contribution in [0.1, 0.15) is 22.3 Å². The van der Waals surface area contributed by atoms with Crippen LogP contribution in [-0.4, -0.2) is 11.7 Å². The fourth-order valence-corrected chi connectivity index (χ4v) is 2.91. The summed E-state index contributed by atoms with van der Waals surface area (Å²) in [5.41, 5.74) is 4.76. The lowest BCUT2D eigenvalue weighted by Gasteiger charge is -2.10. The summed E-state index contributed by atoms with van der Waals surface area (Å²) in [6, 6.07) is 15.5. The van der Waals surface area contributed by atoms with E-state index in [9.17, 15) is 4.79 Å². The fraction of sp³-hybridized carbons (Fsp3) is 0.222. The number of thioether (sulfide) groups is 1. The Labute approximate surface area is 135 Å². The minimum atomic E-state index is -0.0202. The first kappa shape index (κ1) is 16.1. The number of carbonyl (C=O) groups is 1. The van der Waals surface area contributed by atoms with Gasteiger partial charge in [0, 0.05) is 11.4 Å². The molecule has 0 aliphatic heterocycles. The summed E-state index contributed by atoms with van der Waals surface area (Å²) < 4.78 is 0. The van der Waals surface area contributed by atoms with E-state index in [1.54, 1.807) is 6.07 Å². The van der Waals surface area contributed by atoms with Gasteiger partial charge in [0.2, 0.25) is 5.91 Å². The second kappa shape index (κ2) is 7.67. The smallest absolute Gasteiger partial charge is 0.234 e. The highest BCUT2D eigenvalue weighted by Crippen LogP contribution is 2.19. The molecular weight excluding hydrogens is 292 g/mol. The molecule has 1 amide bonds. The van der Waals surface area contributed by atoms with Gasteiger partial charge in [-0.15, -0.1) is 11.8 Å². The Bertz CT molecular complexity index is 719. The van der Waals surface area contributed by atoms with E-state index in [1.165, 1.54) is 11.8 Å². The zero-order valence-corrected chi connectivity index (χ0v) is 13.5. The molecule has 3 nitrogen and oxygen atoms in total. The predicted molar refractivity (Wildman–Crippen MR) is 91.9 cm³/mol. The number of nitrogens with one attached hydrogen (secondary N) is 1. The van der Waals surface area contributed by atoms with Crippen LogP contribution in [0, 0.1) is 25.2 Å². The third kappa shape index (κ3) is 4.12. The number of nitriles is 1. The number of anilines is 1. The Morgan fingerprint density at radius 1 is 1.18 bits per heavy atom. The monoisotopic (exact) mass is 310 g/mol. The van der Waals surface area contributed by atoms with Crippen LogP contribution in [0.25, 0.3) is 0 Å². The highest BCUT2D eigenvalue weighted by molar-refractivity contribution is 7.99. The van der Waals surface area contributed by atoms with Crippen LogP contribution in [0.3, 0.4) is 0 Å². The molecule has 0 fully saturated rings. The zero-order valence-electron chi connectivity index (χ0n) is 12.7. The van der Waals surface area contributed by atoms with E-state index >= 15 is 0 Å². The average Bonchev–Trinajstić information content (AvgIpc) is 2.52. The molecule has 2 aromatic carbocycles. The van der Waals surface area contributed by atoms with Crippen LogP contribution in [0.15, 0.2) is 42.5 Å². The molecule has 0 aliphatic rings. The van der Waals surface area contributed by atoms with Gasteiger partial charge in [-0.2, -0.15) is 5.26 Å². The lowest BCUT2D eigenvalue weighted by Crippen LogP contribution is -2.15. The minimum Gasteiger partial charge on any atom is -0.325 e. The molecule has 0 aromatic heterocycles. The molecule has 4 heteroatoms. The number of hydrogen-bond acceptors (Lipinski definition) is 3. The molecule has 0 heterocycles. The molecular formula is C18H18N2OS. The Hall–Kier alpha value is -2.25. The van der Waals surface area contributed by atoms with Gasteiger partial charge in [0.15, 0.2) is 0 Å². The molecule has 0 spiro atoms. The number of aryl methyl sites for hydroxylation is 1. The molecule has 112 valence electrons. The Morgan fingerprint density at radius 3 is 2.73 bits per heavy atom. The molecule has 0 saturated heterocycles. The van der Waals surface area contributed by atoms with Crippen LogP contribution in [-0.2, 0) is 10.5 Å². The molecule has 0 unspecified atom stereocenters. The third-order valence-electron chi connectivity index (χ3n) is 3.51. The lowest BCUT2D eigenvalue weighted by atomic mass is 10.1. The Morgan fingerprint density at radius 2 is 1.95 bits per heavy atom. The van der Waals surface area contributed by atoms with E-state index in [4.69, 9.17) is 5.26 Å². The van der Waals surface area contributed by atoms with Crippen molar-refractivity contribution in [3.63, 3.8) is 0 Å². The van der Waals surface area contributed by atoms with Gasteiger partial charge in [-0.25, -0.2) is 0 Å². The molecule has 0 radical (unpaired) electrons. The van der Waals surface area contributed by atoms with Crippen molar-refractivity contribution in [2.75, 3.05) is 11.1 Å². The fourth-order valence-electron chi connectivity index (χ4n) is 2.08. The van der Waals surface area contributed by atoms with Gasteiger partial charge in [-0.3, -0.25) is 4.79 Å². The zero-order chi connectivity index (χ0) is 15.9. The molecule has 1 N–H and O–H groups in total. The summed E-state index contributed by atoms with van der Waals surface area (Å²) in [6.45, 7) is 4.03. The SMILES string of the molecule is Cc1cccc(NC(=O)CSCc2ccccc2C#N)c1C. The van der Waals surface area contributed by atoms with Gasteiger partial charge in [0.05, 0.1) is 17.4 Å². The highest BCUT2D eigenvalue weighted by Gasteiger charge is 2.07. The lowest BCUT2D eigenvalue weighted by molar-refractivity contribution is -0.113. The van der Waals surface area contributed by atoms with Crippen molar-refractivity contribution in [3.8, 4) is 6.07 Å². The topological polar surface area (TPSA) is 52.9 Å². The highest BCUT2D eigenvalue weighted by atomic mass is 32.2. The van der Waals surface area contributed by atoms with Crippen LogP contribution in [0.5, 0.6) is 0 Å². The maximum atomic E-state index is 12.0. The maximum Gasteiger partial charge on any atom is 0.234 e. The standard InChI is InChI=1S/C18H18N2OS/c1-13-6-5-9-17(14(13)2)20-18(21)12-22-11-16-8-4-3-7-15(16)10-19/h3-9H,11-12H2,1-2H3,(H,20,21). The van der Waals surface area contributed by atoms with Crippen molar-refractivity contribution in [1.29, 1.82) is 5.26 Å². The largest absolute Gasteiger partial charge is 0.325 e. The summed E-state index contributed by atoms with van der Waals surface area (Å²) in [4.78, 5) is 12.0. The summed E-state index contributed by atoms with van der Waals surface area (Å²) in [6.07, 6.45) is 0. The van der Waals surface area contributed by atoms with Gasteiger partial charge >= 0.3 is 0 Å².